The minimum Gasteiger partial charge on any atom is -0.477 e. The fraction of sp³-hybridized carbons (Fsp3) is 0. The average molecular weight is 726 g/mol. The molecule has 0 unspecified atom stereocenters. The summed E-state index contributed by atoms with van der Waals surface area (Å²) in [6.45, 7) is 0. The number of anilines is 6. The Morgan fingerprint density at radius 2 is 1.07 bits per heavy atom. The minimum atomic E-state index is -1.30. The van der Waals surface area contributed by atoms with Gasteiger partial charge in [0.25, 0.3) is 0 Å². The van der Waals surface area contributed by atoms with Crippen molar-refractivity contribution in [2.75, 3.05) is 9.80 Å². The van der Waals surface area contributed by atoms with Crippen LogP contribution in [-0.4, -0.2) is 11.1 Å². The molecule has 0 fully saturated rings. The molecular formula is C46H29F2N3O2S. The van der Waals surface area contributed by atoms with E-state index in [2.05, 4.69) is 28.0 Å². The van der Waals surface area contributed by atoms with Crippen molar-refractivity contribution in [2.24, 2.45) is 0 Å². The number of nitrogens with zero attached hydrogens (tertiary/aromatic N) is 3. The highest BCUT2D eigenvalue weighted by molar-refractivity contribution is 7.16. The van der Waals surface area contributed by atoms with Crippen LogP contribution in [0.2, 0.25) is 0 Å². The Kier molecular flexibility index (Phi) is 9.14. The van der Waals surface area contributed by atoms with Crippen molar-refractivity contribution < 1.29 is 18.7 Å². The number of hydrogen-bond donors (Lipinski definition) is 1. The van der Waals surface area contributed by atoms with Gasteiger partial charge >= 0.3 is 5.97 Å². The Balaban J connectivity index is 1.43. The van der Waals surface area contributed by atoms with E-state index in [1.54, 1.807) is 36.4 Å². The summed E-state index contributed by atoms with van der Waals surface area (Å²) in [5, 5.41) is 23.0. The van der Waals surface area contributed by atoms with Crippen molar-refractivity contribution in [3.63, 3.8) is 0 Å². The number of carbonyl (C=O) groups is 1. The van der Waals surface area contributed by atoms with Gasteiger partial charge in [0.1, 0.15) is 23.3 Å². The Bertz CT molecular complexity index is 2590. The second-order valence-corrected chi connectivity index (χ2v) is 13.7. The van der Waals surface area contributed by atoms with Gasteiger partial charge < -0.3 is 14.9 Å². The van der Waals surface area contributed by atoms with E-state index in [4.69, 9.17) is 0 Å². The second kappa shape index (κ2) is 14.5. The molecule has 1 heterocycles. The van der Waals surface area contributed by atoms with E-state index in [1.807, 2.05) is 91.0 Å². The molecular weight excluding hydrogens is 697 g/mol. The van der Waals surface area contributed by atoms with Crippen LogP contribution < -0.4 is 9.80 Å². The molecule has 8 rings (SSSR count). The maximum atomic E-state index is 14.5. The molecule has 0 saturated carbocycles. The van der Waals surface area contributed by atoms with Crippen LogP contribution in [-0.2, 0) is 4.79 Å². The molecule has 0 aliphatic rings. The third kappa shape index (κ3) is 6.68. The van der Waals surface area contributed by atoms with Crippen molar-refractivity contribution in [1.82, 2.24) is 0 Å². The number of fused-ring (bicyclic) bond motifs is 2. The maximum Gasteiger partial charge on any atom is 0.346 e. The summed E-state index contributed by atoms with van der Waals surface area (Å²) in [5.41, 5.74) is 5.15. The van der Waals surface area contributed by atoms with E-state index in [-0.39, 0.29) is 17.2 Å². The van der Waals surface area contributed by atoms with Crippen molar-refractivity contribution in [1.29, 1.82) is 5.26 Å². The number of carboxylic acid groups (broad SMARTS) is 1. The van der Waals surface area contributed by atoms with Crippen LogP contribution in [0.1, 0.15) is 4.88 Å². The van der Waals surface area contributed by atoms with Gasteiger partial charge in [-0.15, -0.1) is 11.3 Å². The van der Waals surface area contributed by atoms with Crippen molar-refractivity contribution in [3.05, 3.63) is 186 Å². The smallest absolute Gasteiger partial charge is 0.346 e. The van der Waals surface area contributed by atoms with Gasteiger partial charge in [-0.2, -0.15) is 5.26 Å². The lowest BCUT2D eigenvalue weighted by atomic mass is 10.0. The summed E-state index contributed by atoms with van der Waals surface area (Å²) in [5.74, 6) is -2.02. The minimum absolute atomic E-state index is 0.359. The monoisotopic (exact) mass is 725 g/mol. The van der Waals surface area contributed by atoms with Crippen molar-refractivity contribution in [2.45, 2.75) is 0 Å². The number of halogens is 2. The molecule has 0 radical (unpaired) electrons. The van der Waals surface area contributed by atoms with Crippen LogP contribution in [0.3, 0.4) is 0 Å². The van der Waals surface area contributed by atoms with E-state index in [9.17, 15) is 23.9 Å². The summed E-state index contributed by atoms with van der Waals surface area (Å²) < 4.78 is 28.9. The number of benzene rings is 7. The molecule has 1 N–H and O–H groups in total. The van der Waals surface area contributed by atoms with Gasteiger partial charge in [-0.25, -0.2) is 13.6 Å². The maximum absolute atomic E-state index is 14.5. The number of rotatable bonds is 9. The fourth-order valence-electron chi connectivity index (χ4n) is 6.71. The number of aliphatic carboxylic acids is 1. The third-order valence-electron chi connectivity index (χ3n) is 9.15. The largest absolute Gasteiger partial charge is 0.477 e. The number of nitriles is 1. The quantitative estimate of drug-likeness (QED) is 0.119. The molecule has 0 aliphatic carbocycles. The van der Waals surface area contributed by atoms with Crippen LogP contribution in [0.25, 0.3) is 38.1 Å². The molecule has 54 heavy (non-hydrogen) atoms. The lowest BCUT2D eigenvalue weighted by Gasteiger charge is -2.31. The Morgan fingerprint density at radius 3 is 1.56 bits per heavy atom. The molecule has 0 aliphatic heterocycles. The zero-order valence-corrected chi connectivity index (χ0v) is 29.3. The highest BCUT2D eigenvalue weighted by Crippen LogP contribution is 2.46. The van der Waals surface area contributed by atoms with E-state index < -0.39 is 5.97 Å². The van der Waals surface area contributed by atoms with Crippen LogP contribution in [0.15, 0.2) is 169 Å². The van der Waals surface area contributed by atoms with Crippen LogP contribution in [0.5, 0.6) is 0 Å². The topological polar surface area (TPSA) is 67.6 Å². The normalized spacial score (nSPS) is 11.4. The molecule has 0 saturated heterocycles. The molecule has 0 bridgehead atoms. The third-order valence-corrected chi connectivity index (χ3v) is 10.2. The first-order valence-corrected chi connectivity index (χ1v) is 17.9. The molecule has 1 aromatic heterocycles. The van der Waals surface area contributed by atoms with Gasteiger partial charge in [-0.3, -0.25) is 0 Å². The summed E-state index contributed by atoms with van der Waals surface area (Å²) in [4.78, 5) is 17.3. The molecule has 260 valence electrons. The standard InChI is InChI=1S/C46H29F2N3O2S/c47-34-15-19-36(20-16-34)50(43-13-5-9-30-7-1-3-11-41(30)43)38-25-32(45-24-23-40(54-45)27-33(29-49)46(52)53)26-39(28-38)51(37-21-17-35(48)18-22-37)44-14-6-10-31-8-2-4-12-42(31)44/h1-28H,(H,52,53)/b33-27-. The molecule has 5 nitrogen and oxygen atoms in total. The van der Waals surface area contributed by atoms with E-state index in [0.717, 1.165) is 66.1 Å². The first-order valence-electron chi connectivity index (χ1n) is 17.0. The fourth-order valence-corrected chi connectivity index (χ4v) is 7.65. The average Bonchev–Trinajstić information content (AvgIpc) is 3.67. The molecule has 0 amide bonds. The predicted octanol–water partition coefficient (Wildman–Crippen LogP) is 12.9. The van der Waals surface area contributed by atoms with Gasteiger partial charge in [0.05, 0.1) is 11.4 Å². The molecule has 0 atom stereocenters. The van der Waals surface area contributed by atoms with Gasteiger partial charge in [0.2, 0.25) is 0 Å². The lowest BCUT2D eigenvalue weighted by molar-refractivity contribution is -0.132. The Morgan fingerprint density at radius 1 is 0.593 bits per heavy atom. The van der Waals surface area contributed by atoms with Gasteiger partial charge in [0.15, 0.2) is 0 Å². The Labute approximate surface area is 314 Å². The molecule has 0 spiro atoms. The van der Waals surface area contributed by atoms with Crippen molar-refractivity contribution >= 4 is 79.1 Å². The zero-order valence-electron chi connectivity index (χ0n) is 28.5. The number of thiophene rings is 1. The van der Waals surface area contributed by atoms with Gasteiger partial charge in [0, 0.05) is 43.3 Å². The summed E-state index contributed by atoms with van der Waals surface area (Å²) in [6, 6.07) is 52.6. The van der Waals surface area contributed by atoms with Crippen LogP contribution in [0, 0.1) is 23.0 Å². The van der Waals surface area contributed by atoms with Crippen LogP contribution in [0.4, 0.5) is 42.9 Å². The second-order valence-electron chi connectivity index (χ2n) is 12.5. The predicted molar refractivity (Wildman–Crippen MR) is 215 cm³/mol. The van der Waals surface area contributed by atoms with E-state index >= 15 is 0 Å². The van der Waals surface area contributed by atoms with Crippen LogP contribution >= 0.6 is 11.3 Å². The molecule has 8 heteroatoms. The first-order chi connectivity index (χ1) is 26.4. The summed E-state index contributed by atoms with van der Waals surface area (Å²) in [6.07, 6.45) is 1.36. The SMILES string of the molecule is N#C/C(=C/c1ccc(-c2cc(N(c3ccc(F)cc3)c3cccc4ccccc34)cc(N(c3ccc(F)cc3)c3cccc4ccccc34)c2)s1)C(=O)O. The summed E-state index contributed by atoms with van der Waals surface area (Å²) >= 11 is 1.35. The van der Waals surface area contributed by atoms with E-state index in [1.165, 1.54) is 41.7 Å². The zero-order chi connectivity index (χ0) is 37.2. The molecule has 7 aromatic carbocycles. The molecule has 8 aromatic rings. The van der Waals surface area contributed by atoms with E-state index in [0.29, 0.717) is 4.88 Å². The lowest BCUT2D eigenvalue weighted by Crippen LogP contribution is -2.14. The Hall–Kier alpha value is -7.08. The van der Waals surface area contributed by atoms with Gasteiger partial charge in [-0.1, -0.05) is 72.8 Å². The highest BCUT2D eigenvalue weighted by Gasteiger charge is 2.22. The first kappa shape index (κ1) is 34.0. The summed E-state index contributed by atoms with van der Waals surface area (Å²) in [7, 11) is 0. The number of hydrogen-bond acceptors (Lipinski definition) is 5. The van der Waals surface area contributed by atoms with Crippen molar-refractivity contribution in [3.8, 4) is 16.5 Å². The van der Waals surface area contributed by atoms with Gasteiger partial charge in [-0.05, 0) is 113 Å². The number of carboxylic acids is 1. The highest BCUT2D eigenvalue weighted by atomic mass is 32.1.